The Balaban J connectivity index is 3.28. The van der Waals surface area contributed by atoms with Crippen molar-refractivity contribution in [1.82, 2.24) is 0 Å². The lowest BCUT2D eigenvalue weighted by molar-refractivity contribution is -0.142. The fourth-order valence-corrected chi connectivity index (χ4v) is 1.88. The first-order valence-electron chi connectivity index (χ1n) is 6.52. The smallest absolute Gasteiger partial charge is 0.306 e. The van der Waals surface area contributed by atoms with E-state index in [9.17, 15) is 9.59 Å². The van der Waals surface area contributed by atoms with Crippen LogP contribution in [-0.2, 0) is 9.59 Å². The zero-order valence-electron chi connectivity index (χ0n) is 10.7. The summed E-state index contributed by atoms with van der Waals surface area (Å²) in [6.45, 7) is 1.91. The Kier molecular flexibility index (Phi) is 9.49. The fraction of sp³-hybridized carbons (Fsp3) is 0.846. The second-order valence-electron chi connectivity index (χ2n) is 4.50. The van der Waals surface area contributed by atoms with Gasteiger partial charge in [0, 0.05) is 6.42 Å². The van der Waals surface area contributed by atoms with Crippen molar-refractivity contribution >= 4 is 11.9 Å². The summed E-state index contributed by atoms with van der Waals surface area (Å²) in [6.07, 6.45) is 7.59. The predicted molar refractivity (Wildman–Crippen MR) is 66.0 cm³/mol. The van der Waals surface area contributed by atoms with E-state index in [-0.39, 0.29) is 12.3 Å². The van der Waals surface area contributed by atoms with Gasteiger partial charge < -0.3 is 10.2 Å². The average Bonchev–Trinajstić information content (AvgIpc) is 2.26. The van der Waals surface area contributed by atoms with Crippen LogP contribution in [0.15, 0.2) is 0 Å². The molecule has 0 saturated carbocycles. The van der Waals surface area contributed by atoms with Crippen LogP contribution in [0.4, 0.5) is 0 Å². The first kappa shape index (κ1) is 15.9. The Morgan fingerprint density at radius 1 is 0.941 bits per heavy atom. The van der Waals surface area contributed by atoms with Crippen LogP contribution >= 0.6 is 0 Å². The number of carboxylic acid groups (broad SMARTS) is 2. The molecule has 0 spiro atoms. The lowest BCUT2D eigenvalue weighted by Gasteiger charge is -2.08. The van der Waals surface area contributed by atoms with Crippen molar-refractivity contribution in [1.29, 1.82) is 0 Å². The van der Waals surface area contributed by atoms with Crippen LogP contribution in [0.1, 0.15) is 64.7 Å². The molecule has 0 aromatic carbocycles. The monoisotopic (exact) mass is 244 g/mol. The minimum Gasteiger partial charge on any atom is -0.481 e. The van der Waals surface area contributed by atoms with Gasteiger partial charge in [-0.15, -0.1) is 0 Å². The molecule has 0 radical (unpaired) electrons. The van der Waals surface area contributed by atoms with Crippen molar-refractivity contribution in [3.63, 3.8) is 0 Å². The summed E-state index contributed by atoms with van der Waals surface area (Å²) >= 11 is 0. The first-order chi connectivity index (χ1) is 8.07. The minimum absolute atomic E-state index is 0.193. The molecule has 0 heterocycles. The molecule has 0 aromatic rings. The van der Waals surface area contributed by atoms with Gasteiger partial charge in [0.25, 0.3) is 0 Å². The molecule has 0 fully saturated rings. The normalized spacial score (nSPS) is 12.3. The van der Waals surface area contributed by atoms with Crippen molar-refractivity contribution < 1.29 is 19.8 Å². The summed E-state index contributed by atoms with van der Waals surface area (Å²) in [7, 11) is 0. The van der Waals surface area contributed by atoms with E-state index in [1.54, 1.807) is 0 Å². The van der Waals surface area contributed by atoms with Gasteiger partial charge in [0.05, 0.1) is 5.92 Å². The van der Waals surface area contributed by atoms with E-state index in [4.69, 9.17) is 10.2 Å². The highest BCUT2D eigenvalue weighted by atomic mass is 16.4. The Labute approximate surface area is 103 Å². The van der Waals surface area contributed by atoms with E-state index in [1.807, 2.05) is 6.92 Å². The molecule has 4 nitrogen and oxygen atoms in total. The van der Waals surface area contributed by atoms with Gasteiger partial charge in [0.15, 0.2) is 0 Å². The predicted octanol–water partition coefficient (Wildman–Crippen LogP) is 3.30. The lowest BCUT2D eigenvalue weighted by Crippen LogP contribution is -2.12. The Morgan fingerprint density at radius 3 is 1.94 bits per heavy atom. The van der Waals surface area contributed by atoms with Crippen molar-refractivity contribution in [3.8, 4) is 0 Å². The maximum Gasteiger partial charge on any atom is 0.306 e. The lowest BCUT2D eigenvalue weighted by atomic mass is 9.98. The van der Waals surface area contributed by atoms with Crippen LogP contribution in [0.25, 0.3) is 0 Å². The van der Waals surface area contributed by atoms with Crippen molar-refractivity contribution in [2.75, 3.05) is 0 Å². The number of hydrogen-bond acceptors (Lipinski definition) is 2. The third-order valence-corrected chi connectivity index (χ3v) is 3.04. The number of carbonyl (C=O) groups is 2. The Hall–Kier alpha value is -1.06. The van der Waals surface area contributed by atoms with Gasteiger partial charge in [-0.2, -0.15) is 0 Å². The van der Waals surface area contributed by atoms with Crippen molar-refractivity contribution in [2.45, 2.75) is 64.7 Å². The zero-order valence-corrected chi connectivity index (χ0v) is 10.7. The number of unbranched alkanes of at least 4 members (excludes halogenated alkanes) is 5. The summed E-state index contributed by atoms with van der Waals surface area (Å²) < 4.78 is 0. The second-order valence-corrected chi connectivity index (χ2v) is 4.50. The third kappa shape index (κ3) is 9.85. The molecule has 0 aliphatic heterocycles. The van der Waals surface area contributed by atoms with Crippen LogP contribution in [0, 0.1) is 5.92 Å². The van der Waals surface area contributed by atoms with Gasteiger partial charge in [-0.3, -0.25) is 9.59 Å². The van der Waals surface area contributed by atoms with Gasteiger partial charge in [-0.25, -0.2) is 0 Å². The molecule has 0 aromatic heterocycles. The molecule has 0 aliphatic carbocycles. The van der Waals surface area contributed by atoms with E-state index in [1.165, 1.54) is 0 Å². The van der Waals surface area contributed by atoms with Crippen molar-refractivity contribution in [2.24, 2.45) is 5.92 Å². The SMILES string of the molecule is CCC(CCCCCCCCC(=O)O)C(=O)O. The molecule has 0 rings (SSSR count). The summed E-state index contributed by atoms with van der Waals surface area (Å²) in [5.74, 6) is -1.60. The summed E-state index contributed by atoms with van der Waals surface area (Å²) in [5, 5.41) is 17.3. The molecule has 2 N–H and O–H groups in total. The van der Waals surface area contributed by atoms with Crippen LogP contribution in [-0.4, -0.2) is 22.2 Å². The minimum atomic E-state index is -0.725. The highest BCUT2D eigenvalue weighted by Crippen LogP contribution is 2.15. The number of hydrogen-bond donors (Lipinski definition) is 2. The van der Waals surface area contributed by atoms with Crippen LogP contribution in [0.3, 0.4) is 0 Å². The van der Waals surface area contributed by atoms with Gasteiger partial charge in [-0.05, 0) is 19.3 Å². The maximum absolute atomic E-state index is 10.7. The Morgan fingerprint density at radius 2 is 1.47 bits per heavy atom. The van der Waals surface area contributed by atoms with Crippen LogP contribution < -0.4 is 0 Å². The summed E-state index contributed by atoms with van der Waals surface area (Å²) in [5.41, 5.74) is 0. The van der Waals surface area contributed by atoms with E-state index in [0.29, 0.717) is 6.42 Å². The quantitative estimate of drug-likeness (QED) is 0.547. The highest BCUT2D eigenvalue weighted by molar-refractivity contribution is 5.69. The second kappa shape index (κ2) is 10.1. The number of rotatable bonds is 11. The van der Waals surface area contributed by atoms with Gasteiger partial charge >= 0.3 is 11.9 Å². The zero-order chi connectivity index (χ0) is 13.1. The van der Waals surface area contributed by atoms with Gasteiger partial charge in [-0.1, -0.05) is 39.0 Å². The average molecular weight is 244 g/mol. The molecule has 4 heteroatoms. The molecular weight excluding hydrogens is 220 g/mol. The van der Waals surface area contributed by atoms with E-state index in [2.05, 4.69) is 0 Å². The van der Waals surface area contributed by atoms with Gasteiger partial charge in [0.1, 0.15) is 0 Å². The molecule has 0 saturated heterocycles. The van der Waals surface area contributed by atoms with Crippen LogP contribution in [0.2, 0.25) is 0 Å². The summed E-state index contributed by atoms with van der Waals surface area (Å²) in [4.78, 5) is 21.0. The molecule has 0 bridgehead atoms. The molecule has 0 amide bonds. The Bertz CT molecular complexity index is 225. The van der Waals surface area contributed by atoms with E-state index in [0.717, 1.165) is 44.9 Å². The topological polar surface area (TPSA) is 74.6 Å². The molecule has 0 aliphatic rings. The molecule has 1 unspecified atom stereocenters. The molecule has 17 heavy (non-hydrogen) atoms. The summed E-state index contributed by atoms with van der Waals surface area (Å²) in [6, 6.07) is 0. The van der Waals surface area contributed by atoms with E-state index < -0.39 is 11.9 Å². The molecule has 100 valence electrons. The standard InChI is InChI=1S/C13H24O4/c1-2-11(13(16)17)9-7-5-3-4-6-8-10-12(14)15/h11H,2-10H2,1H3,(H,14,15)(H,16,17). The third-order valence-electron chi connectivity index (χ3n) is 3.04. The largest absolute Gasteiger partial charge is 0.481 e. The first-order valence-corrected chi connectivity index (χ1v) is 6.52. The van der Waals surface area contributed by atoms with Gasteiger partial charge in [0.2, 0.25) is 0 Å². The van der Waals surface area contributed by atoms with Crippen molar-refractivity contribution in [3.05, 3.63) is 0 Å². The van der Waals surface area contributed by atoms with E-state index >= 15 is 0 Å². The fourth-order valence-electron chi connectivity index (χ4n) is 1.88. The number of carboxylic acids is 2. The molecule has 1 atom stereocenters. The molecular formula is C13H24O4. The number of aliphatic carboxylic acids is 2. The highest BCUT2D eigenvalue weighted by Gasteiger charge is 2.13. The van der Waals surface area contributed by atoms with Crippen LogP contribution in [0.5, 0.6) is 0 Å². The maximum atomic E-state index is 10.7.